The van der Waals surface area contributed by atoms with Crippen LogP contribution in [-0.4, -0.2) is 131 Å². The third kappa shape index (κ3) is 16.0. The molecule has 0 radical (unpaired) electrons. The zero-order valence-corrected chi connectivity index (χ0v) is 29.9. The van der Waals surface area contributed by atoms with E-state index in [1.165, 1.54) is 14.0 Å². The van der Waals surface area contributed by atoms with Gasteiger partial charge in [-0.05, 0) is 45.4 Å². The van der Waals surface area contributed by atoms with Gasteiger partial charge in [-0.25, -0.2) is 0 Å². The van der Waals surface area contributed by atoms with Gasteiger partial charge in [0.2, 0.25) is 0 Å². The zero-order valence-electron chi connectivity index (χ0n) is 29.9. The van der Waals surface area contributed by atoms with Crippen LogP contribution in [0.3, 0.4) is 0 Å². The molecule has 0 aromatic rings. The van der Waals surface area contributed by atoms with Gasteiger partial charge in [0.1, 0.15) is 62.0 Å². The van der Waals surface area contributed by atoms with Gasteiger partial charge in [-0.15, -0.1) is 0 Å². The van der Waals surface area contributed by atoms with E-state index in [4.69, 9.17) is 28.4 Å². The minimum Gasteiger partial charge on any atom is -0.469 e. The minimum atomic E-state index is -1.77. The van der Waals surface area contributed by atoms with Crippen molar-refractivity contribution in [3.63, 3.8) is 0 Å². The second-order valence-electron chi connectivity index (χ2n) is 13.0. The van der Waals surface area contributed by atoms with Crippen molar-refractivity contribution in [1.29, 1.82) is 0 Å². The van der Waals surface area contributed by atoms with Gasteiger partial charge in [0.05, 0.1) is 13.2 Å². The summed E-state index contributed by atoms with van der Waals surface area (Å²) in [4.78, 5) is 33.8. The Bertz CT molecular complexity index is 1010. The zero-order chi connectivity index (χ0) is 37.1. The van der Waals surface area contributed by atoms with Crippen molar-refractivity contribution in [1.82, 2.24) is 0 Å². The van der Waals surface area contributed by atoms with Crippen molar-refractivity contribution in [2.75, 3.05) is 20.3 Å². The molecule has 0 saturated carbocycles. The molecular formula is C35H60O15. The fraction of sp³-hybridized carbons (Fsp3) is 0.857. The van der Waals surface area contributed by atoms with Gasteiger partial charge in [0, 0.05) is 20.3 Å². The average molecular weight is 721 g/mol. The average Bonchev–Trinajstić information content (AvgIpc) is 3.08. The molecule has 2 aliphatic heterocycles. The first-order chi connectivity index (χ1) is 23.8. The highest BCUT2D eigenvalue weighted by atomic mass is 16.8. The number of ether oxygens (including phenoxy) is 7. The van der Waals surface area contributed by atoms with Crippen molar-refractivity contribution in [2.24, 2.45) is 0 Å². The first kappa shape index (κ1) is 44.0. The predicted octanol–water partition coefficient (Wildman–Crippen LogP) is 1.96. The Hall–Kier alpha value is -2.21. The maximum atomic E-state index is 11.4. The van der Waals surface area contributed by atoms with Crippen molar-refractivity contribution in [3.8, 4) is 0 Å². The van der Waals surface area contributed by atoms with Gasteiger partial charge in [-0.3, -0.25) is 14.4 Å². The van der Waals surface area contributed by atoms with Crippen LogP contribution < -0.4 is 0 Å². The SMILES string of the molecule is COC(=O)CCCCCCC/C=C\CCCCCC[C@@H](C)O[C@@H]1O[C@H](COC(C)=O)[C@@H](O)[C@H](O)[C@H]1O[C@@H]1O[C@H](COC(C)=O)[C@@H](O)[C@H](O)[C@H]1O. The summed E-state index contributed by atoms with van der Waals surface area (Å²) in [5.41, 5.74) is 0. The molecule has 2 fully saturated rings. The van der Waals surface area contributed by atoms with E-state index < -0.39 is 80.0 Å². The molecule has 290 valence electrons. The molecule has 0 aromatic heterocycles. The molecule has 2 rings (SSSR count). The van der Waals surface area contributed by atoms with Crippen LogP contribution in [0.15, 0.2) is 12.2 Å². The van der Waals surface area contributed by atoms with Gasteiger partial charge < -0.3 is 58.7 Å². The molecule has 15 nitrogen and oxygen atoms in total. The van der Waals surface area contributed by atoms with Crippen molar-refractivity contribution in [2.45, 2.75) is 172 Å². The Kier molecular flexibility index (Phi) is 21.2. The van der Waals surface area contributed by atoms with Crippen molar-refractivity contribution < 1.29 is 73.1 Å². The number of aliphatic hydroxyl groups is 5. The molecule has 0 aromatic carbocycles. The Morgan fingerprint density at radius 3 is 1.72 bits per heavy atom. The van der Waals surface area contributed by atoms with Crippen LogP contribution >= 0.6 is 0 Å². The molecular weight excluding hydrogens is 660 g/mol. The van der Waals surface area contributed by atoms with Gasteiger partial charge in [0.15, 0.2) is 12.6 Å². The minimum absolute atomic E-state index is 0.146. The highest BCUT2D eigenvalue weighted by Gasteiger charge is 2.51. The lowest BCUT2D eigenvalue weighted by molar-refractivity contribution is -0.371. The number of allylic oxidation sites excluding steroid dienone is 2. The van der Waals surface area contributed by atoms with Gasteiger partial charge in [0.25, 0.3) is 0 Å². The van der Waals surface area contributed by atoms with E-state index in [0.29, 0.717) is 12.8 Å². The van der Waals surface area contributed by atoms with Crippen LogP contribution in [0.1, 0.15) is 104 Å². The molecule has 0 unspecified atom stereocenters. The van der Waals surface area contributed by atoms with Gasteiger partial charge in [-0.1, -0.05) is 50.7 Å². The molecule has 0 amide bonds. The lowest BCUT2D eigenvalue weighted by Crippen LogP contribution is -2.65. The summed E-state index contributed by atoms with van der Waals surface area (Å²) in [6, 6.07) is 0. The Morgan fingerprint density at radius 1 is 0.660 bits per heavy atom. The van der Waals surface area contributed by atoms with Crippen LogP contribution in [0, 0.1) is 0 Å². The Labute approximate surface area is 295 Å². The topological polar surface area (TPSA) is 217 Å². The lowest BCUT2D eigenvalue weighted by Gasteiger charge is -2.46. The van der Waals surface area contributed by atoms with E-state index in [1.807, 2.05) is 6.92 Å². The molecule has 2 heterocycles. The molecule has 50 heavy (non-hydrogen) atoms. The highest BCUT2D eigenvalue weighted by molar-refractivity contribution is 5.69. The number of unbranched alkanes of at least 4 members (excludes halogenated alkanes) is 9. The van der Waals surface area contributed by atoms with Crippen LogP contribution in [0.25, 0.3) is 0 Å². The number of carbonyl (C=O) groups excluding carboxylic acids is 3. The van der Waals surface area contributed by atoms with Crippen LogP contribution in [0.4, 0.5) is 0 Å². The largest absolute Gasteiger partial charge is 0.469 e. The predicted molar refractivity (Wildman–Crippen MR) is 177 cm³/mol. The van der Waals surface area contributed by atoms with Crippen LogP contribution in [-0.2, 0) is 47.5 Å². The number of aliphatic hydroxyl groups excluding tert-OH is 5. The maximum Gasteiger partial charge on any atom is 0.305 e. The molecule has 11 atom stereocenters. The number of hydrogen-bond acceptors (Lipinski definition) is 15. The van der Waals surface area contributed by atoms with Crippen molar-refractivity contribution >= 4 is 17.9 Å². The standard InChI is InChI=1S/C35H60O15/c1-22(18-16-14-12-10-8-6-5-7-9-11-13-15-17-19-27(38)44-4)47-35-33(31(42)29(40)26(49-35)21-46-24(3)37)50-34-32(43)30(41)28(39)25(48-34)20-45-23(2)36/h5-6,22,25-26,28-35,39-43H,7-21H2,1-4H3/b6-5-/t22-,25-,26-,28-,29-,30+,31+,32-,33-,34+,35-/m1/s1. The summed E-state index contributed by atoms with van der Waals surface area (Å²) in [6.45, 7) is 3.37. The van der Waals surface area contributed by atoms with E-state index in [9.17, 15) is 39.9 Å². The van der Waals surface area contributed by atoms with E-state index in [-0.39, 0.29) is 18.7 Å². The smallest absolute Gasteiger partial charge is 0.305 e. The first-order valence-electron chi connectivity index (χ1n) is 17.9. The van der Waals surface area contributed by atoms with Gasteiger partial charge >= 0.3 is 17.9 Å². The number of rotatable bonds is 23. The molecule has 0 aliphatic carbocycles. The molecule has 15 heteroatoms. The summed E-state index contributed by atoms with van der Waals surface area (Å²) in [7, 11) is 1.41. The fourth-order valence-electron chi connectivity index (χ4n) is 5.76. The number of hydrogen-bond donors (Lipinski definition) is 5. The van der Waals surface area contributed by atoms with E-state index >= 15 is 0 Å². The fourth-order valence-corrected chi connectivity index (χ4v) is 5.76. The lowest BCUT2D eigenvalue weighted by atomic mass is 9.97. The quantitative estimate of drug-likeness (QED) is 0.0441. The highest BCUT2D eigenvalue weighted by Crippen LogP contribution is 2.31. The normalized spacial score (nSPS) is 30.6. The van der Waals surface area contributed by atoms with E-state index in [0.717, 1.165) is 77.6 Å². The van der Waals surface area contributed by atoms with E-state index in [2.05, 4.69) is 16.9 Å². The molecule has 0 spiro atoms. The third-order valence-electron chi connectivity index (χ3n) is 8.75. The first-order valence-corrected chi connectivity index (χ1v) is 17.9. The number of carbonyl (C=O) groups is 3. The summed E-state index contributed by atoms with van der Waals surface area (Å²) in [5.74, 6) is -1.41. The summed E-state index contributed by atoms with van der Waals surface area (Å²) in [6.07, 6.45) is 1.38. The van der Waals surface area contributed by atoms with E-state index in [1.54, 1.807) is 0 Å². The van der Waals surface area contributed by atoms with Crippen molar-refractivity contribution in [3.05, 3.63) is 12.2 Å². The van der Waals surface area contributed by atoms with Crippen LogP contribution in [0.2, 0.25) is 0 Å². The molecule has 2 aliphatic rings. The summed E-state index contributed by atoms with van der Waals surface area (Å²) < 4.78 is 38.0. The number of methoxy groups -OCH3 is 1. The number of esters is 3. The molecule has 2 saturated heterocycles. The summed E-state index contributed by atoms with van der Waals surface area (Å²) >= 11 is 0. The summed E-state index contributed by atoms with van der Waals surface area (Å²) in [5, 5.41) is 53.1. The second-order valence-corrected chi connectivity index (χ2v) is 13.0. The van der Waals surface area contributed by atoms with Crippen LogP contribution in [0.5, 0.6) is 0 Å². The second kappa shape index (κ2) is 24.1. The maximum absolute atomic E-state index is 11.4. The Morgan fingerprint density at radius 2 is 1.16 bits per heavy atom. The Balaban J connectivity index is 1.83. The molecule has 0 bridgehead atoms. The third-order valence-corrected chi connectivity index (χ3v) is 8.75. The monoisotopic (exact) mass is 720 g/mol. The molecule has 5 N–H and O–H groups in total. The van der Waals surface area contributed by atoms with Gasteiger partial charge in [-0.2, -0.15) is 0 Å².